The van der Waals surface area contributed by atoms with Crippen molar-refractivity contribution >= 4 is 22.7 Å². The summed E-state index contributed by atoms with van der Waals surface area (Å²) in [5, 5.41) is 19.2. The third-order valence-corrected chi connectivity index (χ3v) is 9.35. The Morgan fingerprint density at radius 3 is 2.79 bits per heavy atom. The predicted octanol–water partition coefficient (Wildman–Crippen LogP) is 4.15. The van der Waals surface area contributed by atoms with Crippen molar-refractivity contribution < 1.29 is 5.11 Å². The molecule has 4 aliphatic rings. The van der Waals surface area contributed by atoms with Gasteiger partial charge in [-0.25, -0.2) is 9.97 Å². The number of aliphatic imine (C=N–C) groups is 1. The van der Waals surface area contributed by atoms with Gasteiger partial charge in [0.25, 0.3) is 0 Å². The van der Waals surface area contributed by atoms with Crippen molar-refractivity contribution in [3.8, 4) is 0 Å². The van der Waals surface area contributed by atoms with Crippen LogP contribution in [-0.4, -0.2) is 55.7 Å². The Kier molecular flexibility index (Phi) is 6.38. The Morgan fingerprint density at radius 1 is 1.18 bits per heavy atom. The summed E-state index contributed by atoms with van der Waals surface area (Å²) in [5.74, 6) is 2.89. The van der Waals surface area contributed by atoms with Crippen LogP contribution in [0.25, 0.3) is 11.0 Å². The lowest BCUT2D eigenvalue weighted by Gasteiger charge is -2.37. The highest BCUT2D eigenvalue weighted by Gasteiger charge is 2.40. The van der Waals surface area contributed by atoms with E-state index in [1.165, 1.54) is 37.0 Å². The van der Waals surface area contributed by atoms with Gasteiger partial charge in [0.1, 0.15) is 17.8 Å². The number of allylic oxidation sites excluding steroid dienone is 2. The first-order valence-electron chi connectivity index (χ1n) is 14.3. The molecule has 5 N–H and O–H groups in total. The summed E-state index contributed by atoms with van der Waals surface area (Å²) in [4.78, 5) is 13.6. The van der Waals surface area contributed by atoms with Gasteiger partial charge in [0.15, 0.2) is 0 Å². The second-order valence-electron chi connectivity index (χ2n) is 13.3. The second-order valence-corrected chi connectivity index (χ2v) is 13.3. The van der Waals surface area contributed by atoms with Crippen LogP contribution in [0.3, 0.4) is 0 Å². The van der Waals surface area contributed by atoms with E-state index in [0.717, 1.165) is 42.8 Å². The molecule has 2 fully saturated rings. The van der Waals surface area contributed by atoms with Crippen molar-refractivity contribution in [3.05, 3.63) is 42.4 Å². The van der Waals surface area contributed by atoms with Gasteiger partial charge in [-0.2, -0.15) is 0 Å². The number of fused-ring (bicyclic) bond motifs is 2. The lowest BCUT2D eigenvalue weighted by atomic mass is 9.77. The molecule has 3 heterocycles. The summed E-state index contributed by atoms with van der Waals surface area (Å²) in [6.07, 6.45) is 16.5. The fourth-order valence-electron chi connectivity index (χ4n) is 6.81. The molecule has 0 aromatic carbocycles. The quantitative estimate of drug-likeness (QED) is 0.439. The molecule has 0 amide bonds. The molecule has 8 nitrogen and oxygen atoms in total. The van der Waals surface area contributed by atoms with Crippen LogP contribution in [0.2, 0.25) is 0 Å². The minimum Gasteiger partial charge on any atom is -0.391 e. The maximum absolute atomic E-state index is 10.8. The number of aliphatic hydroxyl groups is 1. The molecule has 2 saturated carbocycles. The maximum Gasteiger partial charge on any atom is 0.145 e. The number of aromatic nitrogens is 3. The Labute approximate surface area is 225 Å². The zero-order valence-corrected chi connectivity index (χ0v) is 23.2. The normalized spacial score (nSPS) is 34.6. The number of amidine groups is 1. The highest BCUT2D eigenvalue weighted by atomic mass is 16.3. The first-order valence-corrected chi connectivity index (χ1v) is 14.3. The molecule has 6 rings (SSSR count). The number of nitrogens with two attached hydrogens (primary N) is 1. The number of anilines is 1. The van der Waals surface area contributed by atoms with Crippen LogP contribution in [0.1, 0.15) is 72.3 Å². The van der Waals surface area contributed by atoms with E-state index in [1.807, 2.05) is 12.3 Å². The number of nitrogens with one attached hydrogen (secondary N) is 2. The van der Waals surface area contributed by atoms with Crippen LogP contribution in [0.5, 0.6) is 0 Å². The van der Waals surface area contributed by atoms with Crippen molar-refractivity contribution in [1.29, 1.82) is 0 Å². The van der Waals surface area contributed by atoms with Crippen LogP contribution in [0.15, 0.2) is 47.4 Å². The van der Waals surface area contributed by atoms with Crippen molar-refractivity contribution in [2.24, 2.45) is 22.2 Å². The molecule has 0 spiro atoms. The molecule has 0 radical (unpaired) electrons. The number of hydrogen-bond acceptors (Lipinski definition) is 7. The molecule has 38 heavy (non-hydrogen) atoms. The number of hydrogen-bond donors (Lipinski definition) is 4. The van der Waals surface area contributed by atoms with Crippen LogP contribution >= 0.6 is 0 Å². The molecule has 2 aromatic heterocycles. The summed E-state index contributed by atoms with van der Waals surface area (Å²) in [6, 6.07) is 2.79. The van der Waals surface area contributed by atoms with Crippen molar-refractivity contribution in [3.63, 3.8) is 0 Å². The summed E-state index contributed by atoms with van der Waals surface area (Å²) in [7, 11) is 0. The minimum atomic E-state index is -0.364. The summed E-state index contributed by atoms with van der Waals surface area (Å²) in [5.41, 5.74) is 8.27. The predicted molar refractivity (Wildman–Crippen MR) is 153 cm³/mol. The standard InChI is InChI=1S/C30H43N7O/c1-29(2,3)20-7-9-30(4)25(15-20)35-26(36-30)6-5-18-11-21(12-18)32-16-19-13-23(24(38)14-19)37-10-8-22-27(31)33-17-34-28(22)37/h7-10,15,17-19,21,23-25,32,38H,5-6,11-14,16H2,1-4H3,(H,35,36)(H2,31,33,34)/t18?,19-,21?,23+,24+,25?,30?/m0/s1. The van der Waals surface area contributed by atoms with E-state index in [1.54, 1.807) is 0 Å². The average molecular weight is 518 g/mol. The Bertz CT molecular complexity index is 1280. The van der Waals surface area contributed by atoms with Crippen LogP contribution in [0.4, 0.5) is 5.82 Å². The lowest BCUT2D eigenvalue weighted by Crippen LogP contribution is -2.47. The molecule has 0 saturated heterocycles. The van der Waals surface area contributed by atoms with Crippen LogP contribution in [-0.2, 0) is 0 Å². The summed E-state index contributed by atoms with van der Waals surface area (Å²) >= 11 is 0. The zero-order chi connectivity index (χ0) is 26.7. The highest BCUT2D eigenvalue weighted by Crippen LogP contribution is 2.39. The fourth-order valence-corrected chi connectivity index (χ4v) is 6.81. The van der Waals surface area contributed by atoms with Crippen molar-refractivity contribution in [2.75, 3.05) is 12.3 Å². The van der Waals surface area contributed by atoms with Crippen molar-refractivity contribution in [2.45, 2.75) is 96.0 Å². The number of nitrogens with zero attached hydrogens (tertiary/aromatic N) is 4. The van der Waals surface area contributed by atoms with E-state index in [-0.39, 0.29) is 29.1 Å². The van der Waals surface area contributed by atoms with Gasteiger partial charge in [-0.05, 0) is 74.5 Å². The molecule has 5 atom stereocenters. The highest BCUT2D eigenvalue weighted by molar-refractivity contribution is 5.87. The van der Waals surface area contributed by atoms with Gasteiger partial charge >= 0.3 is 0 Å². The van der Waals surface area contributed by atoms with E-state index in [4.69, 9.17) is 10.7 Å². The second kappa shape index (κ2) is 9.49. The van der Waals surface area contributed by atoms with Crippen LogP contribution < -0.4 is 16.4 Å². The largest absolute Gasteiger partial charge is 0.391 e. The van der Waals surface area contributed by atoms with Crippen LogP contribution in [0, 0.1) is 17.3 Å². The van der Waals surface area contributed by atoms with Gasteiger partial charge in [0.05, 0.1) is 34.9 Å². The Morgan fingerprint density at radius 2 is 2.00 bits per heavy atom. The topological polar surface area (TPSA) is 113 Å². The van der Waals surface area contributed by atoms with E-state index in [9.17, 15) is 5.11 Å². The Balaban J connectivity index is 0.948. The lowest BCUT2D eigenvalue weighted by molar-refractivity contribution is 0.135. The third-order valence-electron chi connectivity index (χ3n) is 9.35. The minimum absolute atomic E-state index is 0.0390. The van der Waals surface area contributed by atoms with E-state index in [2.05, 4.69) is 71.1 Å². The molecule has 2 aromatic rings. The van der Waals surface area contributed by atoms with Gasteiger partial charge in [-0.15, -0.1) is 0 Å². The zero-order valence-electron chi connectivity index (χ0n) is 23.2. The van der Waals surface area contributed by atoms with Crippen molar-refractivity contribution in [1.82, 2.24) is 25.2 Å². The fraction of sp³-hybridized carbons (Fsp3) is 0.633. The molecule has 0 bridgehead atoms. The smallest absolute Gasteiger partial charge is 0.145 e. The molecule has 2 unspecified atom stereocenters. The number of aliphatic hydroxyl groups excluding tert-OH is 1. The van der Waals surface area contributed by atoms with Gasteiger partial charge in [0.2, 0.25) is 0 Å². The first-order chi connectivity index (χ1) is 18.1. The van der Waals surface area contributed by atoms with E-state index < -0.39 is 0 Å². The molecule has 1 aliphatic heterocycles. The third kappa shape index (κ3) is 4.77. The first kappa shape index (κ1) is 25.6. The summed E-state index contributed by atoms with van der Waals surface area (Å²) in [6.45, 7) is 10.0. The van der Waals surface area contributed by atoms with E-state index in [0.29, 0.717) is 17.8 Å². The Hall–Kier alpha value is -2.71. The van der Waals surface area contributed by atoms with Gasteiger partial charge < -0.3 is 26.0 Å². The molecule has 204 valence electrons. The van der Waals surface area contributed by atoms with Gasteiger partial charge in [0, 0.05) is 18.7 Å². The molecule has 3 aliphatic carbocycles. The number of nitrogen functional groups attached to an aromatic ring is 1. The average Bonchev–Trinajstić information content (AvgIpc) is 3.51. The molecule has 8 heteroatoms. The number of rotatable bonds is 7. The monoisotopic (exact) mass is 517 g/mol. The van der Waals surface area contributed by atoms with Gasteiger partial charge in [-0.3, -0.25) is 4.99 Å². The SMILES string of the molecule is CC(C)(C)C1=CC2N=C(CCC3CC(NC[C@@H]4C[C@@H](O)[C@H](n5ccc6c(N)ncnc65)C4)C3)NC2(C)C=C1. The van der Waals surface area contributed by atoms with E-state index >= 15 is 0 Å². The maximum atomic E-state index is 10.8. The summed E-state index contributed by atoms with van der Waals surface area (Å²) < 4.78 is 2.09. The molecular formula is C30H43N7O. The van der Waals surface area contributed by atoms with Gasteiger partial charge in [-0.1, -0.05) is 39.0 Å². The molecular weight excluding hydrogens is 474 g/mol.